The van der Waals surface area contributed by atoms with Crippen molar-refractivity contribution in [3.05, 3.63) is 41.9 Å². The molecule has 136 valence electrons. The summed E-state index contributed by atoms with van der Waals surface area (Å²) < 4.78 is 43.9. The van der Waals surface area contributed by atoms with Crippen molar-refractivity contribution in [1.29, 1.82) is 5.26 Å². The number of hydrogen-bond acceptors (Lipinski definition) is 6. The number of rotatable bonds is 4. The smallest absolute Gasteiger partial charge is 0.433 e. The highest BCUT2D eigenvalue weighted by Gasteiger charge is 2.33. The van der Waals surface area contributed by atoms with Gasteiger partial charge in [0.1, 0.15) is 17.3 Å². The van der Waals surface area contributed by atoms with Gasteiger partial charge in [0, 0.05) is 25.5 Å². The van der Waals surface area contributed by atoms with Crippen LogP contribution in [0.4, 0.5) is 19.1 Å². The summed E-state index contributed by atoms with van der Waals surface area (Å²) in [6.45, 7) is 1.49. The minimum absolute atomic E-state index is 0.0932. The molecule has 0 N–H and O–H groups in total. The zero-order valence-electron chi connectivity index (χ0n) is 13.8. The summed E-state index contributed by atoms with van der Waals surface area (Å²) in [6.07, 6.45) is -0.331. The van der Waals surface area contributed by atoms with Crippen LogP contribution in [-0.4, -0.2) is 34.6 Å². The van der Waals surface area contributed by atoms with Gasteiger partial charge in [-0.05, 0) is 37.0 Å². The second-order valence-corrected chi connectivity index (χ2v) is 5.95. The highest BCUT2D eigenvalue weighted by atomic mass is 19.4. The normalized spacial score (nSPS) is 15.5. The van der Waals surface area contributed by atoms with Crippen LogP contribution in [0.1, 0.15) is 24.1 Å². The number of alkyl halides is 3. The fourth-order valence-corrected chi connectivity index (χ4v) is 2.75. The molecular formula is C17H16F3N5O. The molecule has 0 aliphatic carbocycles. The van der Waals surface area contributed by atoms with Gasteiger partial charge in [-0.2, -0.15) is 18.4 Å². The van der Waals surface area contributed by atoms with Crippen molar-refractivity contribution in [2.45, 2.75) is 19.0 Å². The standard InChI is InChI=1S/C17H16F3N5O/c18-17(19,20)14-3-7-23-16(24-14)25-8-4-12(5-9-25)11-26-15-13(10-21)2-1-6-22-15/h1-3,6-7,12H,4-5,8-9,11H2. The van der Waals surface area contributed by atoms with E-state index in [2.05, 4.69) is 15.0 Å². The second-order valence-electron chi connectivity index (χ2n) is 5.95. The average molecular weight is 363 g/mol. The Hall–Kier alpha value is -2.89. The molecular weight excluding hydrogens is 347 g/mol. The first-order valence-electron chi connectivity index (χ1n) is 8.10. The van der Waals surface area contributed by atoms with Crippen LogP contribution in [0.25, 0.3) is 0 Å². The molecule has 0 amide bonds. The number of piperidine rings is 1. The van der Waals surface area contributed by atoms with E-state index in [1.54, 1.807) is 23.2 Å². The SMILES string of the molecule is N#Cc1cccnc1OCC1CCN(c2nccc(C(F)(F)F)n2)CC1. The largest absolute Gasteiger partial charge is 0.476 e. The predicted octanol–water partition coefficient (Wildman–Crippen LogP) is 3.06. The van der Waals surface area contributed by atoms with E-state index in [4.69, 9.17) is 10.00 Å². The number of ether oxygens (including phenoxy) is 1. The van der Waals surface area contributed by atoms with Gasteiger partial charge in [0.25, 0.3) is 0 Å². The lowest BCUT2D eigenvalue weighted by atomic mass is 9.98. The first kappa shape index (κ1) is 17.9. The van der Waals surface area contributed by atoms with E-state index >= 15 is 0 Å². The van der Waals surface area contributed by atoms with Crippen LogP contribution in [0.15, 0.2) is 30.6 Å². The third-order valence-corrected chi connectivity index (χ3v) is 4.18. The van der Waals surface area contributed by atoms with Gasteiger partial charge in [-0.3, -0.25) is 0 Å². The van der Waals surface area contributed by atoms with E-state index in [1.807, 2.05) is 6.07 Å². The highest BCUT2D eigenvalue weighted by molar-refractivity contribution is 5.37. The molecule has 0 spiro atoms. The average Bonchev–Trinajstić information content (AvgIpc) is 2.66. The molecule has 3 heterocycles. The van der Waals surface area contributed by atoms with Crippen LogP contribution >= 0.6 is 0 Å². The van der Waals surface area contributed by atoms with Crippen LogP contribution in [0.2, 0.25) is 0 Å². The van der Waals surface area contributed by atoms with Gasteiger partial charge in [-0.25, -0.2) is 15.0 Å². The fourth-order valence-electron chi connectivity index (χ4n) is 2.75. The van der Waals surface area contributed by atoms with Crippen LogP contribution in [0, 0.1) is 17.2 Å². The highest BCUT2D eigenvalue weighted by Crippen LogP contribution is 2.29. The van der Waals surface area contributed by atoms with Gasteiger partial charge >= 0.3 is 6.18 Å². The van der Waals surface area contributed by atoms with Gasteiger partial charge in [0.2, 0.25) is 11.8 Å². The quantitative estimate of drug-likeness (QED) is 0.831. The zero-order chi connectivity index (χ0) is 18.6. The molecule has 0 unspecified atom stereocenters. The van der Waals surface area contributed by atoms with Crippen LogP contribution < -0.4 is 9.64 Å². The Labute approximate surface area is 148 Å². The van der Waals surface area contributed by atoms with Crippen molar-refractivity contribution < 1.29 is 17.9 Å². The molecule has 0 saturated carbocycles. The topological polar surface area (TPSA) is 74.9 Å². The first-order chi connectivity index (χ1) is 12.5. The Morgan fingerprint density at radius 3 is 2.65 bits per heavy atom. The lowest BCUT2D eigenvalue weighted by Crippen LogP contribution is -2.37. The lowest BCUT2D eigenvalue weighted by molar-refractivity contribution is -0.141. The van der Waals surface area contributed by atoms with E-state index < -0.39 is 11.9 Å². The first-order valence-corrected chi connectivity index (χ1v) is 8.10. The Morgan fingerprint density at radius 2 is 1.96 bits per heavy atom. The van der Waals surface area contributed by atoms with Crippen molar-refractivity contribution in [1.82, 2.24) is 15.0 Å². The minimum atomic E-state index is -4.48. The maximum absolute atomic E-state index is 12.8. The van der Waals surface area contributed by atoms with E-state index in [-0.39, 0.29) is 11.9 Å². The van der Waals surface area contributed by atoms with Crippen molar-refractivity contribution in [2.24, 2.45) is 5.92 Å². The molecule has 1 fully saturated rings. The second kappa shape index (κ2) is 7.56. The van der Waals surface area contributed by atoms with E-state index in [0.29, 0.717) is 31.1 Å². The van der Waals surface area contributed by atoms with Crippen molar-refractivity contribution in [3.63, 3.8) is 0 Å². The van der Waals surface area contributed by atoms with Crippen molar-refractivity contribution in [3.8, 4) is 11.9 Å². The maximum atomic E-state index is 12.8. The molecule has 2 aromatic heterocycles. The van der Waals surface area contributed by atoms with Gasteiger partial charge < -0.3 is 9.64 Å². The zero-order valence-corrected chi connectivity index (χ0v) is 13.8. The van der Waals surface area contributed by atoms with Crippen molar-refractivity contribution >= 4 is 5.95 Å². The summed E-state index contributed by atoms with van der Waals surface area (Å²) in [5.41, 5.74) is -0.561. The molecule has 0 bridgehead atoms. The molecule has 26 heavy (non-hydrogen) atoms. The predicted molar refractivity (Wildman–Crippen MR) is 86.4 cm³/mol. The molecule has 6 nitrogen and oxygen atoms in total. The summed E-state index contributed by atoms with van der Waals surface area (Å²) >= 11 is 0. The Kier molecular flexibility index (Phi) is 5.21. The molecule has 2 aromatic rings. The maximum Gasteiger partial charge on any atom is 0.433 e. The Morgan fingerprint density at radius 1 is 1.19 bits per heavy atom. The number of pyridine rings is 1. The number of anilines is 1. The van der Waals surface area contributed by atoms with E-state index in [0.717, 1.165) is 25.1 Å². The third kappa shape index (κ3) is 4.20. The van der Waals surface area contributed by atoms with Gasteiger partial charge in [-0.15, -0.1) is 0 Å². The number of aromatic nitrogens is 3. The Bertz CT molecular complexity index is 797. The van der Waals surface area contributed by atoms with E-state index in [1.165, 1.54) is 0 Å². The molecule has 9 heteroatoms. The molecule has 1 aliphatic rings. The van der Waals surface area contributed by atoms with Crippen LogP contribution in [-0.2, 0) is 6.18 Å². The fraction of sp³-hybridized carbons (Fsp3) is 0.412. The number of nitriles is 1. The van der Waals surface area contributed by atoms with Gasteiger partial charge in [-0.1, -0.05) is 0 Å². The Balaban J connectivity index is 1.56. The molecule has 1 saturated heterocycles. The number of hydrogen-bond donors (Lipinski definition) is 0. The summed E-state index contributed by atoms with van der Waals surface area (Å²) in [7, 11) is 0. The summed E-state index contributed by atoms with van der Waals surface area (Å²) in [5, 5.41) is 9.03. The molecule has 0 atom stereocenters. The van der Waals surface area contributed by atoms with Crippen LogP contribution in [0.3, 0.4) is 0 Å². The summed E-state index contributed by atoms with van der Waals surface area (Å²) in [6, 6.07) is 6.19. The molecule has 1 aliphatic heterocycles. The van der Waals surface area contributed by atoms with Crippen LogP contribution in [0.5, 0.6) is 5.88 Å². The monoisotopic (exact) mass is 363 g/mol. The minimum Gasteiger partial charge on any atom is -0.476 e. The van der Waals surface area contributed by atoms with Gasteiger partial charge in [0.05, 0.1) is 6.61 Å². The number of halogens is 3. The molecule has 3 rings (SSSR count). The van der Waals surface area contributed by atoms with E-state index in [9.17, 15) is 13.2 Å². The summed E-state index contributed by atoms with van der Waals surface area (Å²) in [4.78, 5) is 13.4. The number of nitrogens with zero attached hydrogens (tertiary/aromatic N) is 5. The van der Waals surface area contributed by atoms with Crippen molar-refractivity contribution in [2.75, 3.05) is 24.6 Å². The molecule has 0 aromatic carbocycles. The summed E-state index contributed by atoms with van der Waals surface area (Å²) in [5.74, 6) is 0.625. The molecule has 0 radical (unpaired) electrons. The third-order valence-electron chi connectivity index (χ3n) is 4.18. The lowest BCUT2D eigenvalue weighted by Gasteiger charge is -2.31. The van der Waals surface area contributed by atoms with Gasteiger partial charge in [0.15, 0.2) is 0 Å².